The second-order valence-electron chi connectivity index (χ2n) is 4.58. The standard InChI is InChI=1S/C14H18O3S/c1-10-5-6-12(8-13(10)14(15)16)18-9-11-4-2-3-7-17-11/h5-6,8,11H,2-4,7,9H2,1H3,(H,15,16). The van der Waals surface area contributed by atoms with Gasteiger partial charge in [0, 0.05) is 17.3 Å². The van der Waals surface area contributed by atoms with Crippen LogP contribution in [-0.4, -0.2) is 29.5 Å². The predicted octanol–water partition coefficient (Wildman–Crippen LogP) is 3.35. The van der Waals surface area contributed by atoms with Gasteiger partial charge in [0.1, 0.15) is 0 Å². The normalized spacial score (nSPS) is 19.7. The SMILES string of the molecule is Cc1ccc(SCC2CCCCO2)cc1C(=O)O. The lowest BCUT2D eigenvalue weighted by molar-refractivity contribution is 0.0315. The quantitative estimate of drug-likeness (QED) is 0.849. The second kappa shape index (κ2) is 6.25. The smallest absolute Gasteiger partial charge is 0.335 e. The number of thioether (sulfide) groups is 1. The first-order valence-electron chi connectivity index (χ1n) is 6.25. The molecule has 1 aliphatic rings. The molecular weight excluding hydrogens is 248 g/mol. The van der Waals surface area contributed by atoms with Crippen LogP contribution in [0.4, 0.5) is 0 Å². The summed E-state index contributed by atoms with van der Waals surface area (Å²) in [6, 6.07) is 5.61. The van der Waals surface area contributed by atoms with Crippen molar-refractivity contribution in [2.75, 3.05) is 12.4 Å². The summed E-state index contributed by atoms with van der Waals surface area (Å²) in [6.45, 7) is 2.68. The number of carboxylic acids is 1. The highest BCUT2D eigenvalue weighted by atomic mass is 32.2. The third-order valence-electron chi connectivity index (χ3n) is 3.15. The Labute approximate surface area is 112 Å². The average molecular weight is 266 g/mol. The van der Waals surface area contributed by atoms with Crippen LogP contribution in [0.25, 0.3) is 0 Å². The van der Waals surface area contributed by atoms with Gasteiger partial charge in [-0.05, 0) is 43.9 Å². The number of rotatable bonds is 4. The first-order chi connectivity index (χ1) is 8.66. The van der Waals surface area contributed by atoms with Crippen LogP contribution >= 0.6 is 11.8 Å². The number of carbonyl (C=O) groups is 1. The molecule has 0 aliphatic carbocycles. The predicted molar refractivity (Wildman–Crippen MR) is 72.5 cm³/mol. The van der Waals surface area contributed by atoms with Gasteiger partial charge in [0.25, 0.3) is 0 Å². The number of aryl methyl sites for hydroxylation is 1. The zero-order valence-corrected chi connectivity index (χ0v) is 11.3. The van der Waals surface area contributed by atoms with E-state index < -0.39 is 5.97 Å². The van der Waals surface area contributed by atoms with E-state index in [1.54, 1.807) is 17.8 Å². The van der Waals surface area contributed by atoms with E-state index in [0.717, 1.165) is 35.7 Å². The van der Waals surface area contributed by atoms with Crippen molar-refractivity contribution in [3.8, 4) is 0 Å². The molecule has 1 fully saturated rings. The van der Waals surface area contributed by atoms with Gasteiger partial charge in [-0.2, -0.15) is 0 Å². The first-order valence-corrected chi connectivity index (χ1v) is 7.24. The molecule has 1 aromatic rings. The fourth-order valence-corrected chi connectivity index (χ4v) is 3.06. The topological polar surface area (TPSA) is 46.5 Å². The number of hydrogen-bond acceptors (Lipinski definition) is 3. The molecule has 0 aromatic heterocycles. The molecule has 0 radical (unpaired) electrons. The van der Waals surface area contributed by atoms with E-state index in [2.05, 4.69) is 0 Å². The van der Waals surface area contributed by atoms with Gasteiger partial charge < -0.3 is 9.84 Å². The summed E-state index contributed by atoms with van der Waals surface area (Å²) in [4.78, 5) is 12.1. The molecular formula is C14H18O3S. The summed E-state index contributed by atoms with van der Waals surface area (Å²) in [5.41, 5.74) is 1.20. The van der Waals surface area contributed by atoms with E-state index in [0.29, 0.717) is 11.7 Å². The van der Waals surface area contributed by atoms with Crippen molar-refractivity contribution in [1.82, 2.24) is 0 Å². The number of benzene rings is 1. The summed E-state index contributed by atoms with van der Waals surface area (Å²) >= 11 is 1.68. The van der Waals surface area contributed by atoms with Crippen molar-refractivity contribution < 1.29 is 14.6 Å². The van der Waals surface area contributed by atoms with Crippen LogP contribution < -0.4 is 0 Å². The lowest BCUT2D eigenvalue weighted by Gasteiger charge is -2.22. The van der Waals surface area contributed by atoms with Gasteiger partial charge in [-0.15, -0.1) is 11.8 Å². The summed E-state index contributed by atoms with van der Waals surface area (Å²) in [5, 5.41) is 9.07. The highest BCUT2D eigenvalue weighted by molar-refractivity contribution is 7.99. The Hall–Kier alpha value is -1.00. The van der Waals surface area contributed by atoms with Crippen LogP contribution in [0.15, 0.2) is 23.1 Å². The molecule has 1 aliphatic heterocycles. The van der Waals surface area contributed by atoms with Crippen molar-refractivity contribution in [3.05, 3.63) is 29.3 Å². The average Bonchev–Trinajstić information content (AvgIpc) is 2.38. The third kappa shape index (κ3) is 3.50. The summed E-state index contributed by atoms with van der Waals surface area (Å²) in [5.74, 6) is 0.0473. The molecule has 2 rings (SSSR count). The summed E-state index contributed by atoms with van der Waals surface area (Å²) < 4.78 is 5.66. The van der Waals surface area contributed by atoms with Crippen LogP contribution in [0.1, 0.15) is 35.2 Å². The monoisotopic (exact) mass is 266 g/mol. The van der Waals surface area contributed by atoms with Gasteiger partial charge in [-0.25, -0.2) is 4.79 Å². The van der Waals surface area contributed by atoms with Gasteiger partial charge in [0.05, 0.1) is 11.7 Å². The van der Waals surface area contributed by atoms with Crippen molar-refractivity contribution in [2.45, 2.75) is 37.2 Å². The van der Waals surface area contributed by atoms with Gasteiger partial charge in [-0.3, -0.25) is 0 Å². The maximum Gasteiger partial charge on any atom is 0.335 e. The highest BCUT2D eigenvalue weighted by Gasteiger charge is 2.14. The zero-order chi connectivity index (χ0) is 13.0. The number of carboxylic acid groups (broad SMARTS) is 1. The molecule has 0 amide bonds. The third-order valence-corrected chi connectivity index (χ3v) is 4.28. The Kier molecular flexibility index (Phi) is 4.66. The maximum atomic E-state index is 11.0. The molecule has 0 spiro atoms. The molecule has 1 heterocycles. The van der Waals surface area contributed by atoms with E-state index in [1.807, 2.05) is 19.1 Å². The highest BCUT2D eigenvalue weighted by Crippen LogP contribution is 2.25. The molecule has 1 atom stereocenters. The molecule has 1 aromatic carbocycles. The van der Waals surface area contributed by atoms with Crippen molar-refractivity contribution in [1.29, 1.82) is 0 Å². The van der Waals surface area contributed by atoms with Crippen molar-refractivity contribution in [2.24, 2.45) is 0 Å². The molecule has 3 nitrogen and oxygen atoms in total. The molecule has 1 saturated heterocycles. The lowest BCUT2D eigenvalue weighted by atomic mass is 10.1. The van der Waals surface area contributed by atoms with Gasteiger partial charge in [-0.1, -0.05) is 6.07 Å². The maximum absolute atomic E-state index is 11.0. The molecule has 98 valence electrons. The zero-order valence-electron chi connectivity index (χ0n) is 10.5. The van der Waals surface area contributed by atoms with E-state index in [9.17, 15) is 4.79 Å². The van der Waals surface area contributed by atoms with Crippen LogP contribution in [0, 0.1) is 6.92 Å². The van der Waals surface area contributed by atoms with Gasteiger partial charge >= 0.3 is 5.97 Å². The van der Waals surface area contributed by atoms with Gasteiger partial charge in [0.15, 0.2) is 0 Å². The van der Waals surface area contributed by atoms with Gasteiger partial charge in [0.2, 0.25) is 0 Å². The lowest BCUT2D eigenvalue weighted by Crippen LogP contribution is -2.21. The Bertz CT molecular complexity index is 425. The minimum absolute atomic E-state index is 0.318. The fraction of sp³-hybridized carbons (Fsp3) is 0.500. The van der Waals surface area contributed by atoms with E-state index >= 15 is 0 Å². The molecule has 1 N–H and O–H groups in total. The number of ether oxygens (including phenoxy) is 1. The summed E-state index contributed by atoms with van der Waals surface area (Å²) in [7, 11) is 0. The largest absolute Gasteiger partial charge is 0.478 e. The molecule has 0 bridgehead atoms. The van der Waals surface area contributed by atoms with E-state index in [-0.39, 0.29) is 0 Å². The van der Waals surface area contributed by atoms with Crippen LogP contribution in [0.5, 0.6) is 0 Å². The van der Waals surface area contributed by atoms with Crippen molar-refractivity contribution in [3.63, 3.8) is 0 Å². The van der Waals surface area contributed by atoms with Crippen LogP contribution in [0.3, 0.4) is 0 Å². The Morgan fingerprint density at radius 1 is 1.50 bits per heavy atom. The Morgan fingerprint density at radius 3 is 3.00 bits per heavy atom. The van der Waals surface area contributed by atoms with Crippen LogP contribution in [-0.2, 0) is 4.74 Å². The number of aromatic carboxylic acids is 1. The molecule has 18 heavy (non-hydrogen) atoms. The Morgan fingerprint density at radius 2 is 2.33 bits per heavy atom. The number of hydrogen-bond donors (Lipinski definition) is 1. The van der Waals surface area contributed by atoms with E-state index in [4.69, 9.17) is 9.84 Å². The van der Waals surface area contributed by atoms with Crippen molar-refractivity contribution >= 4 is 17.7 Å². The molecule has 4 heteroatoms. The van der Waals surface area contributed by atoms with Crippen LogP contribution in [0.2, 0.25) is 0 Å². The summed E-state index contributed by atoms with van der Waals surface area (Å²) in [6.07, 6.45) is 3.83. The molecule has 0 saturated carbocycles. The molecule has 1 unspecified atom stereocenters. The Balaban J connectivity index is 1.96. The fourth-order valence-electron chi connectivity index (χ4n) is 2.05. The van der Waals surface area contributed by atoms with E-state index in [1.165, 1.54) is 6.42 Å². The minimum Gasteiger partial charge on any atom is -0.478 e. The minimum atomic E-state index is -0.858. The first kappa shape index (κ1) is 13.4. The second-order valence-corrected chi connectivity index (χ2v) is 5.67.